The molecule has 1 amide bonds. The lowest BCUT2D eigenvalue weighted by Crippen LogP contribution is -2.51. The number of carbonyl (C=O) groups excluding carboxylic acids is 1. The Labute approximate surface area is 280 Å². The number of fused-ring (bicyclic) bond motifs is 5. The summed E-state index contributed by atoms with van der Waals surface area (Å²) in [5.74, 6) is 5.06. The van der Waals surface area contributed by atoms with Gasteiger partial charge >= 0.3 is 6.09 Å². The second-order valence-electron chi connectivity index (χ2n) is 16.9. The standard InChI is InChI=1S/C39H67NO6/c1-26(2)11-10-12-27(3)31-15-16-32-30-14-13-28-23-29(17-19-38(28,4)33(30)18-20-39(31,32)5)45-37(43)40-21-8-6-7-9-22-44-36-24-34(42)35(25-41)46-36/h13,26-27,29-36,41-42H,6-12,14-25H2,1-5H3,(H,40,43)/t27-,29-,30?,31-,32+,33+,34+,35+,36+,38-,39+/m0/s1. The molecule has 1 heterocycles. The van der Waals surface area contributed by atoms with Crippen LogP contribution in [0.1, 0.15) is 137 Å². The van der Waals surface area contributed by atoms with Crippen molar-refractivity contribution in [1.29, 1.82) is 0 Å². The summed E-state index contributed by atoms with van der Waals surface area (Å²) in [6.45, 7) is 13.5. The Morgan fingerprint density at radius 3 is 2.59 bits per heavy atom. The molecule has 5 aliphatic rings. The van der Waals surface area contributed by atoms with Crippen LogP contribution in [0.2, 0.25) is 0 Å². The van der Waals surface area contributed by atoms with Gasteiger partial charge in [-0.2, -0.15) is 0 Å². The summed E-state index contributed by atoms with van der Waals surface area (Å²) >= 11 is 0. The number of amides is 1. The van der Waals surface area contributed by atoms with Gasteiger partial charge in [0.2, 0.25) is 0 Å². The molecule has 264 valence electrons. The smallest absolute Gasteiger partial charge is 0.407 e. The van der Waals surface area contributed by atoms with Crippen molar-refractivity contribution in [2.45, 2.75) is 162 Å². The number of ether oxygens (including phenoxy) is 3. The maximum absolute atomic E-state index is 12.7. The number of allylic oxidation sites excluding steroid dienone is 1. The normalized spacial score (nSPS) is 39.3. The van der Waals surface area contributed by atoms with Crippen molar-refractivity contribution >= 4 is 6.09 Å². The molecular formula is C39H67NO6. The molecule has 0 bridgehead atoms. The van der Waals surface area contributed by atoms with Crippen molar-refractivity contribution < 1.29 is 29.2 Å². The van der Waals surface area contributed by atoms with Gasteiger partial charge in [-0.05, 0) is 104 Å². The topological polar surface area (TPSA) is 97.3 Å². The van der Waals surface area contributed by atoms with E-state index < -0.39 is 18.5 Å². The van der Waals surface area contributed by atoms with E-state index in [1.54, 1.807) is 5.57 Å². The summed E-state index contributed by atoms with van der Waals surface area (Å²) in [4.78, 5) is 12.7. The van der Waals surface area contributed by atoms with Crippen LogP contribution >= 0.6 is 0 Å². The first-order valence-electron chi connectivity index (χ1n) is 19.2. The Hall–Kier alpha value is -1.15. The molecule has 0 spiro atoms. The average molecular weight is 646 g/mol. The molecule has 1 saturated heterocycles. The fourth-order valence-electron chi connectivity index (χ4n) is 10.9. The van der Waals surface area contributed by atoms with Crippen LogP contribution in [-0.4, -0.2) is 60.7 Å². The number of aliphatic hydroxyl groups is 2. The van der Waals surface area contributed by atoms with Crippen LogP contribution in [0.4, 0.5) is 4.79 Å². The molecule has 5 rings (SSSR count). The highest BCUT2D eigenvalue weighted by molar-refractivity contribution is 5.67. The van der Waals surface area contributed by atoms with Gasteiger partial charge in [-0.25, -0.2) is 4.79 Å². The Morgan fingerprint density at radius 2 is 1.83 bits per heavy atom. The summed E-state index contributed by atoms with van der Waals surface area (Å²) < 4.78 is 17.1. The summed E-state index contributed by atoms with van der Waals surface area (Å²) in [5.41, 5.74) is 2.37. The van der Waals surface area contributed by atoms with Crippen molar-refractivity contribution in [1.82, 2.24) is 5.32 Å². The van der Waals surface area contributed by atoms with Gasteiger partial charge in [-0.15, -0.1) is 0 Å². The second-order valence-corrected chi connectivity index (χ2v) is 16.9. The zero-order valence-corrected chi connectivity index (χ0v) is 29.8. The zero-order chi connectivity index (χ0) is 32.9. The van der Waals surface area contributed by atoms with Crippen LogP contribution in [0.15, 0.2) is 11.6 Å². The number of carbonyl (C=O) groups is 1. The van der Waals surface area contributed by atoms with Gasteiger partial charge in [0.1, 0.15) is 12.2 Å². The number of alkyl carbamates (subject to hydrolysis) is 1. The highest BCUT2D eigenvalue weighted by atomic mass is 16.7. The monoisotopic (exact) mass is 645 g/mol. The van der Waals surface area contributed by atoms with Gasteiger partial charge in [0.25, 0.3) is 0 Å². The van der Waals surface area contributed by atoms with Crippen LogP contribution in [0.5, 0.6) is 0 Å². The van der Waals surface area contributed by atoms with E-state index in [4.69, 9.17) is 19.3 Å². The van der Waals surface area contributed by atoms with Crippen LogP contribution in [0.25, 0.3) is 0 Å². The number of aliphatic hydroxyl groups excluding tert-OH is 2. The number of hydrogen-bond donors (Lipinski definition) is 3. The Balaban J connectivity index is 1.01. The Bertz CT molecular complexity index is 1020. The largest absolute Gasteiger partial charge is 0.446 e. The van der Waals surface area contributed by atoms with Gasteiger partial charge < -0.3 is 29.7 Å². The molecule has 0 aromatic carbocycles. The van der Waals surface area contributed by atoms with Crippen LogP contribution in [-0.2, 0) is 14.2 Å². The number of hydrogen-bond acceptors (Lipinski definition) is 6. The predicted octanol–water partition coefficient (Wildman–Crippen LogP) is 8.17. The molecule has 4 aliphatic carbocycles. The highest BCUT2D eigenvalue weighted by Crippen LogP contribution is 2.67. The average Bonchev–Trinajstić information content (AvgIpc) is 3.56. The SMILES string of the molecule is CC(C)CCC[C@H](C)[C@@H]1CC[C@@H]2C3CC=C4C[C@@H](OC(=O)NCCCCCCO[C@H]5C[C@@H](O)[C@@H](CO)O5)CC[C@]4(C)[C@@H]3CC[C@@]21C. The summed E-state index contributed by atoms with van der Waals surface area (Å²) in [6.07, 6.45) is 19.0. The second kappa shape index (κ2) is 16.0. The first kappa shape index (κ1) is 36.1. The summed E-state index contributed by atoms with van der Waals surface area (Å²) in [6, 6.07) is 0. The fraction of sp³-hybridized carbons (Fsp3) is 0.923. The van der Waals surface area contributed by atoms with Crippen molar-refractivity contribution in [3.05, 3.63) is 11.6 Å². The minimum atomic E-state index is -0.655. The highest BCUT2D eigenvalue weighted by Gasteiger charge is 2.59. The molecular weight excluding hydrogens is 578 g/mol. The minimum absolute atomic E-state index is 0.00816. The van der Waals surface area contributed by atoms with E-state index in [9.17, 15) is 9.90 Å². The number of nitrogens with one attached hydrogen (secondary N) is 1. The molecule has 7 nitrogen and oxygen atoms in total. The maximum atomic E-state index is 12.7. The first-order chi connectivity index (χ1) is 22.0. The van der Waals surface area contributed by atoms with Gasteiger partial charge in [0.15, 0.2) is 6.29 Å². The third kappa shape index (κ3) is 8.17. The minimum Gasteiger partial charge on any atom is -0.446 e. The van der Waals surface area contributed by atoms with Gasteiger partial charge in [0.05, 0.1) is 12.7 Å². The van der Waals surface area contributed by atoms with E-state index in [0.717, 1.165) is 80.5 Å². The van der Waals surface area contributed by atoms with Crippen molar-refractivity contribution in [2.75, 3.05) is 19.8 Å². The number of unbranched alkanes of at least 4 members (excludes halogenated alkanes) is 3. The molecule has 3 saturated carbocycles. The quantitative estimate of drug-likeness (QED) is 0.123. The Kier molecular flexibility index (Phi) is 12.6. The molecule has 1 unspecified atom stereocenters. The van der Waals surface area contributed by atoms with E-state index in [2.05, 4.69) is 46.0 Å². The molecule has 46 heavy (non-hydrogen) atoms. The maximum Gasteiger partial charge on any atom is 0.407 e. The lowest BCUT2D eigenvalue weighted by atomic mass is 9.47. The predicted molar refractivity (Wildman–Crippen MR) is 182 cm³/mol. The fourth-order valence-corrected chi connectivity index (χ4v) is 10.9. The van der Waals surface area contributed by atoms with E-state index >= 15 is 0 Å². The van der Waals surface area contributed by atoms with Gasteiger partial charge in [-0.3, -0.25) is 0 Å². The molecule has 11 atom stereocenters. The van der Waals surface area contributed by atoms with E-state index in [1.165, 1.54) is 51.4 Å². The first-order valence-corrected chi connectivity index (χ1v) is 19.2. The molecule has 0 aromatic rings. The molecule has 7 heteroatoms. The lowest BCUT2D eigenvalue weighted by molar-refractivity contribution is -0.143. The van der Waals surface area contributed by atoms with Crippen LogP contribution < -0.4 is 5.32 Å². The molecule has 0 aromatic heterocycles. The molecule has 0 radical (unpaired) electrons. The van der Waals surface area contributed by atoms with Crippen LogP contribution in [0, 0.1) is 46.3 Å². The molecule has 3 N–H and O–H groups in total. The van der Waals surface area contributed by atoms with E-state index in [1.807, 2.05) is 0 Å². The van der Waals surface area contributed by atoms with Gasteiger partial charge in [-0.1, -0.05) is 78.4 Å². The third-order valence-electron chi connectivity index (χ3n) is 13.5. The number of rotatable bonds is 15. The van der Waals surface area contributed by atoms with Gasteiger partial charge in [0, 0.05) is 26.0 Å². The molecule has 4 fully saturated rings. The third-order valence-corrected chi connectivity index (χ3v) is 13.5. The van der Waals surface area contributed by atoms with E-state index in [-0.39, 0.29) is 24.2 Å². The summed E-state index contributed by atoms with van der Waals surface area (Å²) in [5, 5.41) is 21.9. The van der Waals surface area contributed by atoms with Crippen molar-refractivity contribution in [3.8, 4) is 0 Å². The summed E-state index contributed by atoms with van der Waals surface area (Å²) in [7, 11) is 0. The molecule has 1 aliphatic heterocycles. The zero-order valence-electron chi connectivity index (χ0n) is 29.8. The Morgan fingerprint density at radius 1 is 1.02 bits per heavy atom. The van der Waals surface area contributed by atoms with Crippen molar-refractivity contribution in [2.24, 2.45) is 46.3 Å². The van der Waals surface area contributed by atoms with Crippen molar-refractivity contribution in [3.63, 3.8) is 0 Å². The van der Waals surface area contributed by atoms with E-state index in [0.29, 0.717) is 25.0 Å². The van der Waals surface area contributed by atoms with Crippen LogP contribution in [0.3, 0.4) is 0 Å². The lowest BCUT2D eigenvalue weighted by Gasteiger charge is -2.58.